The van der Waals surface area contributed by atoms with E-state index >= 15 is 0 Å². The summed E-state index contributed by atoms with van der Waals surface area (Å²) in [4.78, 5) is 42.9. The van der Waals surface area contributed by atoms with Crippen molar-refractivity contribution in [2.24, 2.45) is 14.1 Å². The van der Waals surface area contributed by atoms with Gasteiger partial charge in [0.25, 0.3) is 11.5 Å². The lowest BCUT2D eigenvalue weighted by Crippen LogP contribution is -2.38. The number of aromatic nitrogens is 3. The first-order chi connectivity index (χ1) is 16.7. The SMILES string of the molecule is CCCc1cnc2c(c1NC(=O)c1ccc(S(=O)(=O)N3CCCCC3)cc1)c(=O)n(C)c(=O)n2C. The van der Waals surface area contributed by atoms with Crippen molar-refractivity contribution in [1.82, 2.24) is 18.4 Å². The Morgan fingerprint density at radius 2 is 1.69 bits per heavy atom. The molecule has 0 atom stereocenters. The van der Waals surface area contributed by atoms with Crippen molar-refractivity contribution in [1.29, 1.82) is 0 Å². The third-order valence-electron chi connectivity index (χ3n) is 6.37. The number of anilines is 1. The minimum absolute atomic E-state index is 0.140. The second-order valence-electron chi connectivity index (χ2n) is 8.76. The van der Waals surface area contributed by atoms with Crippen molar-refractivity contribution < 1.29 is 13.2 Å². The van der Waals surface area contributed by atoms with Crippen molar-refractivity contribution in [2.75, 3.05) is 18.4 Å². The summed E-state index contributed by atoms with van der Waals surface area (Å²) in [5.41, 5.74) is 0.345. The average molecular weight is 500 g/mol. The Bertz CT molecular complexity index is 1500. The highest BCUT2D eigenvalue weighted by atomic mass is 32.2. The molecule has 186 valence electrons. The zero-order valence-electron chi connectivity index (χ0n) is 20.1. The molecule has 1 saturated heterocycles. The first kappa shape index (κ1) is 24.8. The first-order valence-electron chi connectivity index (χ1n) is 11.7. The maximum absolute atomic E-state index is 13.2. The average Bonchev–Trinajstić information content (AvgIpc) is 2.87. The highest BCUT2D eigenvalue weighted by Crippen LogP contribution is 2.25. The van der Waals surface area contributed by atoms with E-state index < -0.39 is 27.2 Å². The summed E-state index contributed by atoms with van der Waals surface area (Å²) in [7, 11) is -0.712. The minimum Gasteiger partial charge on any atom is -0.321 e. The molecule has 10 nitrogen and oxygen atoms in total. The summed E-state index contributed by atoms with van der Waals surface area (Å²) in [6.07, 6.45) is 5.58. The number of carbonyl (C=O) groups excluding carboxylic acids is 1. The van der Waals surface area contributed by atoms with Crippen molar-refractivity contribution >= 4 is 32.7 Å². The van der Waals surface area contributed by atoms with Crippen LogP contribution in [0.4, 0.5) is 5.69 Å². The van der Waals surface area contributed by atoms with E-state index in [1.54, 1.807) is 6.20 Å². The summed E-state index contributed by atoms with van der Waals surface area (Å²) in [5, 5.41) is 2.97. The predicted molar refractivity (Wildman–Crippen MR) is 133 cm³/mol. The lowest BCUT2D eigenvalue weighted by Gasteiger charge is -2.25. The Morgan fingerprint density at radius 1 is 1.03 bits per heavy atom. The molecule has 0 aliphatic carbocycles. The van der Waals surface area contributed by atoms with Crippen LogP contribution in [0.15, 0.2) is 44.9 Å². The molecule has 1 aromatic carbocycles. The van der Waals surface area contributed by atoms with Gasteiger partial charge in [-0.1, -0.05) is 19.8 Å². The highest BCUT2D eigenvalue weighted by molar-refractivity contribution is 7.89. The number of rotatable bonds is 6. The van der Waals surface area contributed by atoms with Crippen molar-refractivity contribution in [3.63, 3.8) is 0 Å². The van der Waals surface area contributed by atoms with Gasteiger partial charge in [-0.25, -0.2) is 18.2 Å². The van der Waals surface area contributed by atoms with E-state index in [9.17, 15) is 22.8 Å². The molecule has 35 heavy (non-hydrogen) atoms. The van der Waals surface area contributed by atoms with E-state index in [2.05, 4.69) is 10.3 Å². The Labute approximate surface area is 203 Å². The zero-order chi connectivity index (χ0) is 25.3. The van der Waals surface area contributed by atoms with Gasteiger partial charge in [0.05, 0.1) is 10.6 Å². The number of aryl methyl sites for hydroxylation is 2. The Morgan fingerprint density at radius 3 is 2.31 bits per heavy atom. The number of nitrogens with one attached hydrogen (secondary N) is 1. The second kappa shape index (κ2) is 9.74. The smallest absolute Gasteiger partial charge is 0.321 e. The summed E-state index contributed by atoms with van der Waals surface area (Å²) < 4.78 is 29.5. The van der Waals surface area contributed by atoms with Crippen molar-refractivity contribution in [2.45, 2.75) is 43.9 Å². The van der Waals surface area contributed by atoms with Crippen LogP contribution >= 0.6 is 0 Å². The normalized spacial score (nSPS) is 14.8. The molecular formula is C24H29N5O5S. The number of benzene rings is 1. The maximum Gasteiger partial charge on any atom is 0.332 e. The fourth-order valence-electron chi connectivity index (χ4n) is 4.39. The van der Waals surface area contributed by atoms with E-state index in [0.29, 0.717) is 30.8 Å². The molecule has 0 radical (unpaired) electrons. The molecule has 0 unspecified atom stereocenters. The third-order valence-corrected chi connectivity index (χ3v) is 8.29. The topological polar surface area (TPSA) is 123 Å². The molecule has 2 aromatic heterocycles. The van der Waals surface area contributed by atoms with Crippen LogP contribution in [0.1, 0.15) is 48.5 Å². The lowest BCUT2D eigenvalue weighted by atomic mass is 10.1. The summed E-state index contributed by atoms with van der Waals surface area (Å²) in [5.74, 6) is -0.493. The van der Waals surface area contributed by atoms with Gasteiger partial charge in [0.15, 0.2) is 5.65 Å². The van der Waals surface area contributed by atoms with E-state index in [1.807, 2.05) is 6.92 Å². The monoisotopic (exact) mass is 499 g/mol. The minimum atomic E-state index is -3.61. The van der Waals surface area contributed by atoms with Crippen LogP contribution < -0.4 is 16.6 Å². The first-order valence-corrected chi connectivity index (χ1v) is 13.1. The van der Waals surface area contributed by atoms with Gasteiger partial charge < -0.3 is 5.32 Å². The number of hydrogen-bond donors (Lipinski definition) is 1. The molecule has 0 bridgehead atoms. The number of pyridine rings is 1. The quantitative estimate of drug-likeness (QED) is 0.553. The number of piperidine rings is 1. The fraction of sp³-hybridized carbons (Fsp3) is 0.417. The van der Waals surface area contributed by atoms with Gasteiger partial charge in [-0.3, -0.25) is 18.7 Å². The molecule has 3 heterocycles. The standard InChI is InChI=1S/C24H29N5O5S/c1-4-8-17-15-25-21-19(23(31)28(3)24(32)27(21)2)20(17)26-22(30)16-9-11-18(12-10-16)35(33,34)29-13-6-5-7-14-29/h9-12,15H,4-8,13-14H2,1-3H3,(H,25,26,30). The van der Waals surface area contributed by atoms with Crippen molar-refractivity contribution in [3.05, 3.63) is 62.4 Å². The number of hydrogen-bond acceptors (Lipinski definition) is 6. The summed E-state index contributed by atoms with van der Waals surface area (Å²) in [6, 6.07) is 5.78. The number of carbonyl (C=O) groups is 1. The van der Waals surface area contributed by atoms with Crippen LogP contribution in [0.2, 0.25) is 0 Å². The van der Waals surface area contributed by atoms with E-state index in [-0.39, 0.29) is 21.5 Å². The summed E-state index contributed by atoms with van der Waals surface area (Å²) >= 11 is 0. The van der Waals surface area contributed by atoms with Gasteiger partial charge in [0.1, 0.15) is 5.39 Å². The van der Waals surface area contributed by atoms with Gasteiger partial charge in [0.2, 0.25) is 10.0 Å². The second-order valence-corrected chi connectivity index (χ2v) is 10.7. The molecular weight excluding hydrogens is 470 g/mol. The third kappa shape index (κ3) is 4.53. The Balaban J connectivity index is 1.71. The van der Waals surface area contributed by atoms with E-state index in [0.717, 1.165) is 30.3 Å². The van der Waals surface area contributed by atoms with Gasteiger partial charge in [0, 0.05) is 38.9 Å². The molecule has 1 N–H and O–H groups in total. The Hall–Kier alpha value is -3.31. The molecule has 1 aliphatic heterocycles. The van der Waals surface area contributed by atoms with Crippen LogP contribution in [0, 0.1) is 0 Å². The number of amides is 1. The van der Waals surface area contributed by atoms with Gasteiger partial charge >= 0.3 is 5.69 Å². The zero-order valence-corrected chi connectivity index (χ0v) is 20.9. The molecule has 0 saturated carbocycles. The molecule has 3 aromatic rings. The fourth-order valence-corrected chi connectivity index (χ4v) is 5.90. The largest absolute Gasteiger partial charge is 0.332 e. The molecule has 4 rings (SSSR count). The van der Waals surface area contributed by atoms with E-state index in [4.69, 9.17) is 0 Å². The van der Waals surface area contributed by atoms with Crippen LogP contribution in [-0.4, -0.2) is 45.8 Å². The van der Waals surface area contributed by atoms with Gasteiger partial charge in [-0.2, -0.15) is 4.31 Å². The van der Waals surface area contributed by atoms with Crippen LogP contribution in [-0.2, 0) is 30.5 Å². The number of sulfonamides is 1. The highest BCUT2D eigenvalue weighted by Gasteiger charge is 2.26. The van der Waals surface area contributed by atoms with Crippen LogP contribution in [0.25, 0.3) is 11.0 Å². The molecule has 1 fully saturated rings. The maximum atomic E-state index is 13.2. The van der Waals surface area contributed by atoms with Crippen LogP contribution in [0.3, 0.4) is 0 Å². The molecule has 1 aliphatic rings. The predicted octanol–water partition coefficient (Wildman–Crippen LogP) is 2.01. The molecule has 1 amide bonds. The lowest BCUT2D eigenvalue weighted by molar-refractivity contribution is 0.102. The Kier molecular flexibility index (Phi) is 6.91. The van der Waals surface area contributed by atoms with E-state index in [1.165, 1.54) is 47.2 Å². The van der Waals surface area contributed by atoms with Crippen LogP contribution in [0.5, 0.6) is 0 Å². The van der Waals surface area contributed by atoms with Gasteiger partial charge in [-0.15, -0.1) is 0 Å². The molecule has 0 spiro atoms. The summed E-state index contributed by atoms with van der Waals surface area (Å²) in [6.45, 7) is 2.96. The number of nitrogens with zero attached hydrogens (tertiary/aromatic N) is 4. The van der Waals surface area contributed by atoms with Crippen molar-refractivity contribution in [3.8, 4) is 0 Å². The number of fused-ring (bicyclic) bond motifs is 1. The van der Waals surface area contributed by atoms with Gasteiger partial charge in [-0.05, 0) is 49.1 Å². The molecule has 11 heteroatoms.